The van der Waals surface area contributed by atoms with Crippen LogP contribution in [-0.4, -0.2) is 65.6 Å². The summed E-state index contributed by atoms with van der Waals surface area (Å²) in [4.78, 5) is 15.5. The molecule has 1 aliphatic rings. The number of likely N-dealkylation sites (tertiary alicyclic amines) is 1. The van der Waals surface area contributed by atoms with Gasteiger partial charge < -0.3 is 18.8 Å². The van der Waals surface area contributed by atoms with E-state index < -0.39 is 0 Å². The Morgan fingerprint density at radius 1 is 0.914 bits per heavy atom. The fourth-order valence-electron chi connectivity index (χ4n) is 4.24. The second kappa shape index (κ2) is 12.1. The number of hydrogen-bond acceptors (Lipinski definition) is 8. The van der Waals surface area contributed by atoms with Crippen molar-refractivity contribution in [2.24, 2.45) is 0 Å². The number of carbonyl (C=O) groups is 1. The number of benzene rings is 2. The van der Waals surface area contributed by atoms with E-state index in [9.17, 15) is 4.79 Å². The highest BCUT2D eigenvalue weighted by atomic mass is 32.2. The summed E-state index contributed by atoms with van der Waals surface area (Å²) in [6.07, 6.45) is 3.73. The maximum absolute atomic E-state index is 13.1. The molecule has 1 aromatic heterocycles. The van der Waals surface area contributed by atoms with Crippen LogP contribution in [0.25, 0.3) is 0 Å². The van der Waals surface area contributed by atoms with Crippen molar-refractivity contribution in [1.29, 1.82) is 0 Å². The molecule has 0 unspecified atom stereocenters. The molecule has 1 saturated heterocycles. The van der Waals surface area contributed by atoms with Gasteiger partial charge in [-0.3, -0.25) is 9.69 Å². The van der Waals surface area contributed by atoms with Crippen LogP contribution in [-0.2, 0) is 13.1 Å². The maximum Gasteiger partial charge on any atom is 0.203 e. The van der Waals surface area contributed by atoms with Gasteiger partial charge >= 0.3 is 0 Å². The lowest BCUT2D eigenvalue weighted by molar-refractivity contribution is 0.102. The van der Waals surface area contributed by atoms with E-state index in [0.717, 1.165) is 30.6 Å². The van der Waals surface area contributed by atoms with Crippen molar-refractivity contribution in [2.45, 2.75) is 37.5 Å². The monoisotopic (exact) mass is 496 g/mol. The van der Waals surface area contributed by atoms with E-state index >= 15 is 0 Å². The van der Waals surface area contributed by atoms with E-state index in [-0.39, 0.29) is 11.5 Å². The number of carbonyl (C=O) groups excluding carboxylic acids is 1. The SMILES string of the molecule is COc1cc(C(=O)CSc2nnc(CN3CCCCC3)n2Cc2ccccc2)cc(OC)c1OC. The van der Waals surface area contributed by atoms with Crippen molar-refractivity contribution >= 4 is 17.5 Å². The van der Waals surface area contributed by atoms with Gasteiger partial charge in [-0.1, -0.05) is 48.5 Å². The molecule has 0 bridgehead atoms. The van der Waals surface area contributed by atoms with Gasteiger partial charge in [-0.15, -0.1) is 10.2 Å². The summed E-state index contributed by atoms with van der Waals surface area (Å²) in [6, 6.07) is 13.6. The van der Waals surface area contributed by atoms with E-state index in [4.69, 9.17) is 14.2 Å². The molecule has 0 radical (unpaired) electrons. The zero-order chi connectivity index (χ0) is 24.6. The standard InChI is InChI=1S/C26H32N4O4S/c1-32-22-14-20(15-23(33-2)25(22)34-3)21(31)18-35-26-28-27-24(17-29-12-8-5-9-13-29)30(26)16-19-10-6-4-7-11-19/h4,6-7,10-11,14-15H,5,8-9,12-13,16-18H2,1-3H3. The Hall–Kier alpha value is -3.04. The summed E-state index contributed by atoms with van der Waals surface area (Å²) >= 11 is 1.40. The molecular weight excluding hydrogens is 464 g/mol. The normalized spacial score (nSPS) is 14.0. The minimum absolute atomic E-state index is 0.0545. The number of ether oxygens (including phenoxy) is 3. The van der Waals surface area contributed by atoms with Crippen molar-refractivity contribution in [2.75, 3.05) is 40.2 Å². The second-order valence-electron chi connectivity index (χ2n) is 8.43. The van der Waals surface area contributed by atoms with Gasteiger partial charge in [0.15, 0.2) is 22.4 Å². The van der Waals surface area contributed by atoms with Crippen LogP contribution in [0.1, 0.15) is 41.0 Å². The summed E-state index contributed by atoms with van der Waals surface area (Å²) in [5.74, 6) is 2.46. The van der Waals surface area contributed by atoms with Crippen LogP contribution in [0.3, 0.4) is 0 Å². The van der Waals surface area contributed by atoms with Crippen LogP contribution in [0.2, 0.25) is 0 Å². The Morgan fingerprint density at radius 3 is 2.23 bits per heavy atom. The third-order valence-corrected chi connectivity index (χ3v) is 7.08. The van der Waals surface area contributed by atoms with Gasteiger partial charge in [0, 0.05) is 5.56 Å². The molecule has 0 saturated carbocycles. The predicted molar refractivity (Wildman–Crippen MR) is 136 cm³/mol. The summed E-state index contributed by atoms with van der Waals surface area (Å²) in [5.41, 5.74) is 1.67. The Labute approximate surface area is 210 Å². The Morgan fingerprint density at radius 2 is 1.60 bits per heavy atom. The third kappa shape index (κ3) is 6.15. The lowest BCUT2D eigenvalue weighted by Crippen LogP contribution is -2.30. The first-order valence-corrected chi connectivity index (χ1v) is 12.8. The first-order valence-electron chi connectivity index (χ1n) is 11.8. The van der Waals surface area contributed by atoms with E-state index in [1.54, 1.807) is 19.2 Å². The molecule has 1 aliphatic heterocycles. The van der Waals surface area contributed by atoms with E-state index in [0.29, 0.717) is 29.4 Å². The van der Waals surface area contributed by atoms with E-state index in [1.807, 2.05) is 18.2 Å². The molecule has 2 aromatic carbocycles. The maximum atomic E-state index is 13.1. The zero-order valence-electron chi connectivity index (χ0n) is 20.5. The molecule has 0 spiro atoms. The lowest BCUT2D eigenvalue weighted by atomic mass is 10.1. The Bertz CT molecular complexity index is 1100. The van der Waals surface area contributed by atoms with Crippen LogP contribution in [0.4, 0.5) is 0 Å². The van der Waals surface area contributed by atoms with Crippen LogP contribution < -0.4 is 14.2 Å². The summed E-state index contributed by atoms with van der Waals surface area (Å²) in [6.45, 7) is 3.60. The number of piperidine rings is 1. The zero-order valence-corrected chi connectivity index (χ0v) is 21.3. The quantitative estimate of drug-likeness (QED) is 0.287. The number of rotatable bonds is 11. The lowest BCUT2D eigenvalue weighted by Gasteiger charge is -2.26. The Kier molecular flexibility index (Phi) is 8.65. The van der Waals surface area contributed by atoms with Crippen LogP contribution in [0.15, 0.2) is 47.6 Å². The first kappa shape index (κ1) is 25.1. The molecule has 186 valence electrons. The van der Waals surface area contributed by atoms with Crippen molar-refractivity contribution < 1.29 is 19.0 Å². The van der Waals surface area contributed by atoms with Gasteiger partial charge in [-0.05, 0) is 43.6 Å². The molecule has 0 N–H and O–H groups in total. The van der Waals surface area contributed by atoms with Gasteiger partial charge in [-0.2, -0.15) is 0 Å². The molecule has 1 fully saturated rings. The summed E-state index contributed by atoms with van der Waals surface area (Å²) in [7, 11) is 4.62. The molecule has 9 heteroatoms. The largest absolute Gasteiger partial charge is 0.493 e. The molecule has 3 aromatic rings. The molecule has 0 amide bonds. The minimum atomic E-state index is -0.0545. The number of aromatic nitrogens is 3. The van der Waals surface area contributed by atoms with Gasteiger partial charge in [-0.25, -0.2) is 0 Å². The van der Waals surface area contributed by atoms with Crippen molar-refractivity contribution in [1.82, 2.24) is 19.7 Å². The van der Waals surface area contributed by atoms with Crippen LogP contribution in [0, 0.1) is 0 Å². The molecule has 8 nitrogen and oxygen atoms in total. The molecule has 0 atom stereocenters. The molecule has 4 rings (SSSR count). The fourth-order valence-corrected chi connectivity index (χ4v) is 5.09. The van der Waals surface area contributed by atoms with Gasteiger partial charge in [0.1, 0.15) is 5.82 Å². The highest BCUT2D eigenvalue weighted by Gasteiger charge is 2.21. The van der Waals surface area contributed by atoms with Crippen molar-refractivity contribution in [3.8, 4) is 17.2 Å². The van der Waals surface area contributed by atoms with E-state index in [1.165, 1.54) is 50.8 Å². The number of thioether (sulfide) groups is 1. The summed E-state index contributed by atoms with van der Waals surface area (Å²) in [5, 5.41) is 9.72. The predicted octanol–water partition coefficient (Wildman–Crippen LogP) is 4.31. The molecular formula is C26H32N4O4S. The molecule has 2 heterocycles. The number of Topliss-reactive ketones (excluding diaryl/α,β-unsaturated/α-hetero) is 1. The van der Waals surface area contributed by atoms with Gasteiger partial charge in [0.25, 0.3) is 0 Å². The first-order chi connectivity index (χ1) is 17.1. The number of nitrogens with zero attached hydrogens (tertiary/aromatic N) is 4. The number of ketones is 1. The van der Waals surface area contributed by atoms with Gasteiger partial charge in [0.05, 0.1) is 40.2 Å². The average Bonchev–Trinajstić information content (AvgIpc) is 3.27. The minimum Gasteiger partial charge on any atom is -0.493 e. The van der Waals surface area contributed by atoms with Crippen LogP contribution >= 0.6 is 11.8 Å². The molecule has 35 heavy (non-hydrogen) atoms. The highest BCUT2D eigenvalue weighted by Crippen LogP contribution is 2.38. The van der Waals surface area contributed by atoms with E-state index in [2.05, 4.69) is 31.8 Å². The highest BCUT2D eigenvalue weighted by molar-refractivity contribution is 7.99. The topological polar surface area (TPSA) is 78.7 Å². The van der Waals surface area contributed by atoms with Crippen LogP contribution in [0.5, 0.6) is 17.2 Å². The Balaban J connectivity index is 1.53. The summed E-state index contributed by atoms with van der Waals surface area (Å²) < 4.78 is 18.3. The number of methoxy groups -OCH3 is 3. The average molecular weight is 497 g/mol. The van der Waals surface area contributed by atoms with Crippen molar-refractivity contribution in [3.05, 3.63) is 59.4 Å². The van der Waals surface area contributed by atoms with Gasteiger partial charge in [0.2, 0.25) is 5.75 Å². The second-order valence-corrected chi connectivity index (χ2v) is 9.38. The molecule has 0 aliphatic carbocycles. The number of hydrogen-bond donors (Lipinski definition) is 0. The fraction of sp³-hybridized carbons (Fsp3) is 0.423. The van der Waals surface area contributed by atoms with Crippen molar-refractivity contribution in [3.63, 3.8) is 0 Å². The smallest absolute Gasteiger partial charge is 0.203 e. The third-order valence-electron chi connectivity index (χ3n) is 6.11.